The third kappa shape index (κ3) is 3.18. The molecular weight excluding hydrogens is 258 g/mol. The van der Waals surface area contributed by atoms with Crippen LogP contribution in [0, 0.1) is 10.1 Å². The van der Waals surface area contributed by atoms with Crippen molar-refractivity contribution in [2.24, 2.45) is 0 Å². The van der Waals surface area contributed by atoms with Gasteiger partial charge in [-0.05, 0) is 6.07 Å². The SMILES string of the molecule is Cl.O=C(c1cccc([N+](=O)[O-])c1)N1CCNCC1. The molecule has 1 aromatic carbocycles. The molecule has 0 saturated carbocycles. The number of halogens is 1. The number of benzene rings is 1. The normalized spacial score (nSPS) is 14.8. The Morgan fingerprint density at radius 2 is 2.00 bits per heavy atom. The number of hydrogen-bond acceptors (Lipinski definition) is 4. The summed E-state index contributed by atoms with van der Waals surface area (Å²) in [5.74, 6) is -0.143. The summed E-state index contributed by atoms with van der Waals surface area (Å²) in [7, 11) is 0. The van der Waals surface area contributed by atoms with E-state index in [4.69, 9.17) is 0 Å². The number of hydrogen-bond donors (Lipinski definition) is 1. The fourth-order valence-corrected chi connectivity index (χ4v) is 1.80. The number of nitrogens with zero attached hydrogens (tertiary/aromatic N) is 2. The summed E-state index contributed by atoms with van der Waals surface area (Å²) in [6.45, 7) is 2.81. The molecule has 6 nitrogen and oxygen atoms in total. The predicted octanol–water partition coefficient (Wildman–Crippen LogP) is 1.06. The number of nitrogens with one attached hydrogen (secondary N) is 1. The lowest BCUT2D eigenvalue weighted by molar-refractivity contribution is -0.384. The lowest BCUT2D eigenvalue weighted by Crippen LogP contribution is -2.46. The van der Waals surface area contributed by atoms with E-state index in [2.05, 4.69) is 5.32 Å². The van der Waals surface area contributed by atoms with Crippen LogP contribution in [0.25, 0.3) is 0 Å². The van der Waals surface area contributed by atoms with Gasteiger partial charge in [0.2, 0.25) is 0 Å². The molecule has 1 N–H and O–H groups in total. The number of rotatable bonds is 2. The first kappa shape index (κ1) is 14.4. The predicted molar refractivity (Wildman–Crippen MR) is 69.1 cm³/mol. The van der Waals surface area contributed by atoms with Gasteiger partial charge in [0, 0.05) is 43.9 Å². The van der Waals surface area contributed by atoms with E-state index in [-0.39, 0.29) is 24.0 Å². The van der Waals surface area contributed by atoms with Crippen molar-refractivity contribution >= 4 is 24.0 Å². The quantitative estimate of drug-likeness (QED) is 0.645. The summed E-state index contributed by atoms with van der Waals surface area (Å²) in [6, 6.07) is 5.85. The van der Waals surface area contributed by atoms with Crippen molar-refractivity contribution in [3.05, 3.63) is 39.9 Å². The highest BCUT2D eigenvalue weighted by Gasteiger charge is 2.19. The minimum atomic E-state index is -0.492. The van der Waals surface area contributed by atoms with Crippen LogP contribution in [0.3, 0.4) is 0 Å². The Morgan fingerprint density at radius 1 is 1.33 bits per heavy atom. The zero-order chi connectivity index (χ0) is 12.3. The molecule has 1 amide bonds. The molecule has 1 aromatic rings. The van der Waals surface area contributed by atoms with Gasteiger partial charge in [0.05, 0.1) is 4.92 Å². The summed E-state index contributed by atoms with van der Waals surface area (Å²) in [4.78, 5) is 23.9. The fraction of sp³-hybridized carbons (Fsp3) is 0.364. The fourth-order valence-electron chi connectivity index (χ4n) is 1.80. The van der Waals surface area contributed by atoms with Crippen molar-refractivity contribution in [3.8, 4) is 0 Å². The molecule has 2 rings (SSSR count). The Hall–Kier alpha value is -1.66. The first-order valence-electron chi connectivity index (χ1n) is 5.43. The minimum absolute atomic E-state index is 0. The second-order valence-corrected chi connectivity index (χ2v) is 3.85. The summed E-state index contributed by atoms with van der Waals surface area (Å²) in [5.41, 5.74) is 0.326. The molecule has 0 radical (unpaired) electrons. The molecule has 7 heteroatoms. The first-order valence-corrected chi connectivity index (χ1v) is 5.43. The van der Waals surface area contributed by atoms with E-state index < -0.39 is 4.92 Å². The van der Waals surface area contributed by atoms with Gasteiger partial charge >= 0.3 is 0 Å². The van der Waals surface area contributed by atoms with Crippen LogP contribution in [0.15, 0.2) is 24.3 Å². The van der Waals surface area contributed by atoms with E-state index in [9.17, 15) is 14.9 Å². The Balaban J connectivity index is 0.00000162. The van der Waals surface area contributed by atoms with Crippen LogP contribution in [-0.4, -0.2) is 41.9 Å². The molecule has 0 aromatic heterocycles. The highest BCUT2D eigenvalue weighted by atomic mass is 35.5. The summed E-state index contributed by atoms with van der Waals surface area (Å²) in [6.07, 6.45) is 0. The van der Waals surface area contributed by atoms with Gasteiger partial charge in [-0.3, -0.25) is 14.9 Å². The third-order valence-corrected chi connectivity index (χ3v) is 2.71. The maximum atomic E-state index is 12.1. The topological polar surface area (TPSA) is 75.5 Å². The number of nitro benzene ring substituents is 1. The molecule has 0 atom stereocenters. The largest absolute Gasteiger partial charge is 0.336 e. The number of non-ortho nitro benzene ring substituents is 1. The van der Waals surface area contributed by atoms with Gasteiger partial charge in [0.25, 0.3) is 11.6 Å². The first-order chi connectivity index (χ1) is 8.18. The van der Waals surface area contributed by atoms with Gasteiger partial charge in [-0.2, -0.15) is 0 Å². The summed E-state index contributed by atoms with van der Waals surface area (Å²) in [5, 5.41) is 13.8. The zero-order valence-corrected chi connectivity index (χ0v) is 10.5. The molecule has 0 aliphatic carbocycles. The van der Waals surface area contributed by atoms with Crippen molar-refractivity contribution in [1.29, 1.82) is 0 Å². The molecule has 1 heterocycles. The monoisotopic (exact) mass is 271 g/mol. The Morgan fingerprint density at radius 3 is 2.61 bits per heavy atom. The van der Waals surface area contributed by atoms with Crippen molar-refractivity contribution in [1.82, 2.24) is 10.2 Å². The van der Waals surface area contributed by atoms with Gasteiger partial charge in [0.15, 0.2) is 0 Å². The average Bonchev–Trinajstić information content (AvgIpc) is 2.39. The third-order valence-electron chi connectivity index (χ3n) is 2.71. The number of amides is 1. The molecule has 0 bridgehead atoms. The van der Waals surface area contributed by atoms with Gasteiger partial charge in [-0.25, -0.2) is 0 Å². The minimum Gasteiger partial charge on any atom is -0.336 e. The van der Waals surface area contributed by atoms with E-state index in [0.29, 0.717) is 18.7 Å². The van der Waals surface area contributed by atoms with E-state index >= 15 is 0 Å². The molecule has 1 aliphatic heterocycles. The molecule has 0 unspecified atom stereocenters. The number of piperazine rings is 1. The van der Waals surface area contributed by atoms with Crippen LogP contribution in [0.2, 0.25) is 0 Å². The zero-order valence-electron chi connectivity index (χ0n) is 9.67. The molecule has 1 saturated heterocycles. The van der Waals surface area contributed by atoms with Crippen molar-refractivity contribution < 1.29 is 9.72 Å². The Labute approximate surface area is 111 Å². The molecule has 0 spiro atoms. The summed E-state index contributed by atoms with van der Waals surface area (Å²) >= 11 is 0. The van der Waals surface area contributed by atoms with E-state index in [1.807, 2.05) is 0 Å². The second kappa shape index (κ2) is 6.32. The molecule has 98 valence electrons. The second-order valence-electron chi connectivity index (χ2n) is 3.85. The maximum Gasteiger partial charge on any atom is 0.270 e. The standard InChI is InChI=1S/C11H13N3O3.ClH/c15-11(13-6-4-12-5-7-13)9-2-1-3-10(8-9)14(16)17;/h1-3,8,12H,4-7H2;1H. The lowest BCUT2D eigenvalue weighted by atomic mass is 10.1. The van der Waals surface area contributed by atoms with Crippen LogP contribution in [0.5, 0.6) is 0 Å². The van der Waals surface area contributed by atoms with Crippen LogP contribution >= 0.6 is 12.4 Å². The smallest absolute Gasteiger partial charge is 0.270 e. The lowest BCUT2D eigenvalue weighted by Gasteiger charge is -2.27. The van der Waals surface area contributed by atoms with Crippen molar-refractivity contribution in [2.45, 2.75) is 0 Å². The number of nitro groups is 1. The number of carbonyl (C=O) groups excluding carboxylic acids is 1. The maximum absolute atomic E-state index is 12.1. The Kier molecular flexibility index (Phi) is 5.06. The Bertz CT molecular complexity index is 447. The van der Waals surface area contributed by atoms with Crippen LogP contribution in [0.4, 0.5) is 5.69 Å². The van der Waals surface area contributed by atoms with Gasteiger partial charge in [0.1, 0.15) is 0 Å². The van der Waals surface area contributed by atoms with E-state index in [1.54, 1.807) is 11.0 Å². The summed E-state index contributed by atoms with van der Waals surface area (Å²) < 4.78 is 0. The molecule has 1 fully saturated rings. The van der Waals surface area contributed by atoms with Gasteiger partial charge < -0.3 is 10.2 Å². The highest BCUT2D eigenvalue weighted by molar-refractivity contribution is 5.94. The van der Waals surface area contributed by atoms with Crippen LogP contribution in [-0.2, 0) is 0 Å². The van der Waals surface area contributed by atoms with Gasteiger partial charge in [-0.1, -0.05) is 6.07 Å². The molecule has 18 heavy (non-hydrogen) atoms. The van der Waals surface area contributed by atoms with Crippen LogP contribution in [0.1, 0.15) is 10.4 Å². The molecule has 1 aliphatic rings. The highest BCUT2D eigenvalue weighted by Crippen LogP contribution is 2.15. The van der Waals surface area contributed by atoms with E-state index in [0.717, 1.165) is 13.1 Å². The van der Waals surface area contributed by atoms with Crippen LogP contribution < -0.4 is 5.32 Å². The number of carbonyl (C=O) groups is 1. The van der Waals surface area contributed by atoms with Crippen molar-refractivity contribution in [2.75, 3.05) is 26.2 Å². The van der Waals surface area contributed by atoms with Gasteiger partial charge in [-0.15, -0.1) is 12.4 Å². The average molecular weight is 272 g/mol. The molecular formula is C11H14ClN3O3. The van der Waals surface area contributed by atoms with E-state index in [1.165, 1.54) is 18.2 Å². The van der Waals surface area contributed by atoms with Crippen molar-refractivity contribution in [3.63, 3.8) is 0 Å².